The highest BCUT2D eigenvalue weighted by Gasteiger charge is 2.37. The summed E-state index contributed by atoms with van der Waals surface area (Å²) in [5.74, 6) is 0.811. The largest absolute Gasteiger partial charge is 0.490 e. The molecule has 1 aromatic carbocycles. The Labute approximate surface area is 173 Å². The fourth-order valence-corrected chi connectivity index (χ4v) is 3.22. The van der Waals surface area contributed by atoms with Crippen LogP contribution in [0, 0.1) is 0 Å². The van der Waals surface area contributed by atoms with Gasteiger partial charge in [0, 0.05) is 7.11 Å². The molecule has 7 heteroatoms. The molecule has 0 heterocycles. The molecule has 1 aromatic rings. The molecule has 0 fully saturated rings. The Hall–Kier alpha value is -0.443. The van der Waals surface area contributed by atoms with Crippen LogP contribution in [0.1, 0.15) is 26.3 Å². The smallest absolute Gasteiger partial charge is 0.192 e. The van der Waals surface area contributed by atoms with Gasteiger partial charge in [-0.05, 0) is 51.8 Å². The average Bonchev–Trinajstić information content (AvgIpc) is 2.59. The molecule has 1 rings (SSSR count). The van der Waals surface area contributed by atoms with Gasteiger partial charge in [0.15, 0.2) is 8.32 Å². The van der Waals surface area contributed by atoms with Crippen molar-refractivity contribution in [3.63, 3.8) is 0 Å². The number of benzene rings is 1. The van der Waals surface area contributed by atoms with Crippen LogP contribution in [0.4, 0.5) is 0 Å². The van der Waals surface area contributed by atoms with Crippen LogP contribution in [0.2, 0.25) is 18.1 Å². The summed E-state index contributed by atoms with van der Waals surface area (Å²) in [6.07, 6.45) is 0. The van der Waals surface area contributed by atoms with Crippen molar-refractivity contribution in [2.24, 2.45) is 0 Å². The lowest BCUT2D eigenvalue weighted by atomic mass is 10.2. The quantitative estimate of drug-likeness (QED) is 0.303. The first kappa shape index (κ1) is 24.6. The zero-order valence-electron chi connectivity index (χ0n) is 17.6. The highest BCUT2D eigenvalue weighted by atomic mass is 79.9. The van der Waals surface area contributed by atoms with Crippen molar-refractivity contribution >= 4 is 24.2 Å². The highest BCUT2D eigenvalue weighted by Crippen LogP contribution is 2.37. The molecular weight excluding hydrogens is 428 g/mol. The Morgan fingerprint density at radius 1 is 0.926 bits per heavy atom. The maximum Gasteiger partial charge on any atom is 0.192 e. The van der Waals surface area contributed by atoms with E-state index in [9.17, 15) is 0 Å². The fourth-order valence-electron chi connectivity index (χ4n) is 1.90. The molecule has 0 saturated carbocycles. The van der Waals surface area contributed by atoms with Crippen LogP contribution in [0.15, 0.2) is 22.7 Å². The third-order valence-electron chi connectivity index (χ3n) is 4.69. The molecule has 0 radical (unpaired) electrons. The zero-order valence-corrected chi connectivity index (χ0v) is 20.2. The molecule has 0 N–H and O–H groups in total. The number of ether oxygens (including phenoxy) is 4. The Kier molecular flexibility index (Phi) is 11.1. The monoisotopic (exact) mass is 462 g/mol. The third-order valence-corrected chi connectivity index (χ3v) is 9.82. The zero-order chi connectivity index (χ0) is 20.3. The second kappa shape index (κ2) is 12.2. The molecular formula is C20H35BrO5Si. The highest BCUT2D eigenvalue weighted by molar-refractivity contribution is 9.10. The maximum atomic E-state index is 6.29. The normalized spacial score (nSPS) is 12.4. The SMILES string of the molecule is COCCOCCOCCOc1cc(CO[Si](C)(C)C(C)(C)C)ccc1Br. The second-order valence-electron chi connectivity index (χ2n) is 7.88. The van der Waals surface area contributed by atoms with E-state index >= 15 is 0 Å². The van der Waals surface area contributed by atoms with Crippen LogP contribution < -0.4 is 4.74 Å². The van der Waals surface area contributed by atoms with Crippen LogP contribution in [0.25, 0.3) is 0 Å². The van der Waals surface area contributed by atoms with Gasteiger partial charge in [0.25, 0.3) is 0 Å². The summed E-state index contributed by atoms with van der Waals surface area (Å²) >= 11 is 3.54. The molecule has 0 saturated heterocycles. The first-order valence-corrected chi connectivity index (χ1v) is 13.1. The lowest BCUT2D eigenvalue weighted by Crippen LogP contribution is -2.40. The number of hydrogen-bond acceptors (Lipinski definition) is 5. The number of rotatable bonds is 13. The van der Waals surface area contributed by atoms with Gasteiger partial charge in [-0.15, -0.1) is 0 Å². The third kappa shape index (κ3) is 9.54. The molecule has 0 amide bonds. The van der Waals surface area contributed by atoms with E-state index in [4.69, 9.17) is 23.4 Å². The summed E-state index contributed by atoms with van der Waals surface area (Å²) in [5.41, 5.74) is 1.12. The number of halogens is 1. The molecule has 0 spiro atoms. The minimum atomic E-state index is -1.76. The van der Waals surface area contributed by atoms with Crippen molar-refractivity contribution in [2.75, 3.05) is 46.8 Å². The molecule has 0 aliphatic rings. The molecule has 156 valence electrons. The van der Waals surface area contributed by atoms with Gasteiger partial charge in [-0.25, -0.2) is 0 Å². The summed E-state index contributed by atoms with van der Waals surface area (Å²) < 4.78 is 28.8. The summed E-state index contributed by atoms with van der Waals surface area (Å²) in [6, 6.07) is 6.10. The van der Waals surface area contributed by atoms with E-state index < -0.39 is 8.32 Å². The molecule has 5 nitrogen and oxygen atoms in total. The fraction of sp³-hybridized carbons (Fsp3) is 0.700. The molecule has 0 aliphatic carbocycles. The van der Waals surface area contributed by atoms with Crippen molar-refractivity contribution in [3.05, 3.63) is 28.2 Å². The standard InChI is InChI=1S/C20H35BrO5Si/c1-20(2,3)27(5,6)26-16-17-7-8-18(21)19(15-17)25-14-13-24-12-11-23-10-9-22-4/h7-8,15H,9-14,16H2,1-6H3. The first-order valence-electron chi connectivity index (χ1n) is 9.37. The molecule has 0 aliphatic heterocycles. The van der Waals surface area contributed by atoms with Crippen molar-refractivity contribution in [1.82, 2.24) is 0 Å². The van der Waals surface area contributed by atoms with E-state index in [1.807, 2.05) is 12.1 Å². The van der Waals surface area contributed by atoms with Crippen LogP contribution in [-0.2, 0) is 25.2 Å². The topological polar surface area (TPSA) is 46.2 Å². The molecule has 0 bridgehead atoms. The molecule has 0 atom stereocenters. The van der Waals surface area contributed by atoms with Gasteiger partial charge in [-0.3, -0.25) is 0 Å². The van der Waals surface area contributed by atoms with Crippen molar-refractivity contribution < 1.29 is 23.4 Å². The second-order valence-corrected chi connectivity index (χ2v) is 13.5. The van der Waals surface area contributed by atoms with E-state index in [0.29, 0.717) is 46.2 Å². The average molecular weight is 463 g/mol. The lowest BCUT2D eigenvalue weighted by molar-refractivity contribution is 0.0179. The minimum Gasteiger partial charge on any atom is -0.490 e. The van der Waals surface area contributed by atoms with Crippen LogP contribution in [-0.4, -0.2) is 55.1 Å². The van der Waals surface area contributed by atoms with Crippen LogP contribution in [0.5, 0.6) is 5.75 Å². The van der Waals surface area contributed by atoms with Gasteiger partial charge < -0.3 is 23.4 Å². The maximum absolute atomic E-state index is 6.29. The van der Waals surface area contributed by atoms with Crippen LogP contribution in [0.3, 0.4) is 0 Å². The van der Waals surface area contributed by atoms with E-state index in [-0.39, 0.29) is 5.04 Å². The van der Waals surface area contributed by atoms with Crippen molar-refractivity contribution in [1.29, 1.82) is 0 Å². The van der Waals surface area contributed by atoms with Gasteiger partial charge in [0.05, 0.1) is 44.1 Å². The first-order chi connectivity index (χ1) is 12.7. The van der Waals surface area contributed by atoms with Gasteiger partial charge in [0.2, 0.25) is 0 Å². The van der Waals surface area contributed by atoms with Gasteiger partial charge in [-0.2, -0.15) is 0 Å². The van der Waals surface area contributed by atoms with Crippen LogP contribution >= 0.6 is 15.9 Å². The van der Waals surface area contributed by atoms with Gasteiger partial charge in [0.1, 0.15) is 12.4 Å². The van der Waals surface area contributed by atoms with Crippen molar-refractivity contribution in [2.45, 2.75) is 45.5 Å². The lowest BCUT2D eigenvalue weighted by Gasteiger charge is -2.36. The number of methoxy groups -OCH3 is 1. The van der Waals surface area contributed by atoms with E-state index in [2.05, 4.69) is 55.9 Å². The van der Waals surface area contributed by atoms with Crippen molar-refractivity contribution in [3.8, 4) is 5.75 Å². The summed E-state index contributed by atoms with van der Waals surface area (Å²) in [7, 11) is -0.107. The van der Waals surface area contributed by atoms with E-state index in [1.165, 1.54) is 0 Å². The summed E-state index contributed by atoms with van der Waals surface area (Å²) in [6.45, 7) is 15.2. The predicted molar refractivity (Wildman–Crippen MR) is 115 cm³/mol. The minimum absolute atomic E-state index is 0.201. The Balaban J connectivity index is 2.37. The Morgan fingerprint density at radius 2 is 1.52 bits per heavy atom. The van der Waals surface area contributed by atoms with E-state index in [0.717, 1.165) is 15.8 Å². The summed E-state index contributed by atoms with van der Waals surface area (Å²) in [5, 5.41) is 0.201. The number of hydrogen-bond donors (Lipinski definition) is 0. The Morgan fingerprint density at radius 3 is 2.11 bits per heavy atom. The Bertz CT molecular complexity index is 546. The van der Waals surface area contributed by atoms with E-state index in [1.54, 1.807) is 7.11 Å². The molecule has 0 aromatic heterocycles. The molecule has 27 heavy (non-hydrogen) atoms. The van der Waals surface area contributed by atoms with Gasteiger partial charge >= 0.3 is 0 Å². The van der Waals surface area contributed by atoms with Gasteiger partial charge in [-0.1, -0.05) is 26.8 Å². The predicted octanol–water partition coefficient (Wildman–Crippen LogP) is 5.03. The summed E-state index contributed by atoms with van der Waals surface area (Å²) in [4.78, 5) is 0. The molecule has 0 unspecified atom stereocenters.